The zero-order valence-corrected chi connectivity index (χ0v) is 9.30. The Morgan fingerprint density at radius 1 is 1.36 bits per heavy atom. The van der Waals surface area contributed by atoms with E-state index in [2.05, 4.69) is 6.92 Å². The number of ether oxygens (including phenoxy) is 1. The van der Waals surface area contributed by atoms with E-state index in [1.807, 2.05) is 0 Å². The Morgan fingerprint density at radius 2 is 2.07 bits per heavy atom. The van der Waals surface area contributed by atoms with Crippen molar-refractivity contribution in [3.63, 3.8) is 0 Å². The normalized spacial score (nSPS) is 39.9. The molecular weight excluding hydrogens is 174 g/mol. The fraction of sp³-hybridized carbons (Fsp3) is 1.00. The van der Waals surface area contributed by atoms with E-state index in [1.165, 1.54) is 32.1 Å². The van der Waals surface area contributed by atoms with Gasteiger partial charge in [0, 0.05) is 13.2 Å². The highest BCUT2D eigenvalue weighted by atomic mass is 16.5. The molecule has 0 aromatic rings. The first-order chi connectivity index (χ1) is 6.79. The molecule has 2 aliphatic rings. The van der Waals surface area contributed by atoms with Gasteiger partial charge in [-0.25, -0.2) is 0 Å². The summed E-state index contributed by atoms with van der Waals surface area (Å²) in [6.07, 6.45) is 6.79. The molecule has 2 rings (SSSR count). The molecule has 2 N–H and O–H groups in total. The maximum Gasteiger partial charge on any atom is 0.0466 e. The highest BCUT2D eigenvalue weighted by Crippen LogP contribution is 2.60. The van der Waals surface area contributed by atoms with Crippen molar-refractivity contribution < 1.29 is 4.74 Å². The molecule has 0 saturated heterocycles. The van der Waals surface area contributed by atoms with Gasteiger partial charge in [-0.05, 0) is 62.8 Å². The summed E-state index contributed by atoms with van der Waals surface area (Å²) in [6, 6.07) is 0. The van der Waals surface area contributed by atoms with Gasteiger partial charge in [0.05, 0.1) is 0 Å². The van der Waals surface area contributed by atoms with Crippen LogP contribution in [0.5, 0.6) is 0 Å². The second-order valence-electron chi connectivity index (χ2n) is 5.17. The van der Waals surface area contributed by atoms with Crippen molar-refractivity contribution in [1.29, 1.82) is 0 Å². The molecule has 2 nitrogen and oxygen atoms in total. The summed E-state index contributed by atoms with van der Waals surface area (Å²) in [6.45, 7) is 4.73. The first kappa shape index (κ1) is 10.4. The zero-order chi connectivity index (χ0) is 10.0. The monoisotopic (exact) mass is 197 g/mol. The fourth-order valence-corrected chi connectivity index (χ4v) is 3.17. The van der Waals surface area contributed by atoms with E-state index >= 15 is 0 Å². The smallest absolute Gasteiger partial charge is 0.0466 e. The molecule has 0 aromatic carbocycles. The molecule has 0 spiro atoms. The Balaban J connectivity index is 1.70. The van der Waals surface area contributed by atoms with Gasteiger partial charge in [-0.2, -0.15) is 0 Å². The third kappa shape index (κ3) is 2.12. The minimum absolute atomic E-state index is 0.505. The van der Waals surface area contributed by atoms with Crippen molar-refractivity contribution in [1.82, 2.24) is 0 Å². The first-order valence-corrected chi connectivity index (χ1v) is 6.07. The summed E-state index contributed by atoms with van der Waals surface area (Å²) in [5, 5.41) is 0. The van der Waals surface area contributed by atoms with Crippen molar-refractivity contribution in [2.45, 2.75) is 39.0 Å². The maximum atomic E-state index is 5.93. The van der Waals surface area contributed by atoms with Gasteiger partial charge in [0.15, 0.2) is 0 Å². The third-order valence-electron chi connectivity index (χ3n) is 4.09. The summed E-state index contributed by atoms with van der Waals surface area (Å²) in [5.41, 5.74) is 6.43. The van der Waals surface area contributed by atoms with Crippen LogP contribution >= 0.6 is 0 Å². The molecule has 0 bridgehead atoms. The van der Waals surface area contributed by atoms with Crippen molar-refractivity contribution in [2.24, 2.45) is 23.0 Å². The summed E-state index contributed by atoms with van der Waals surface area (Å²) in [7, 11) is 0. The molecule has 14 heavy (non-hydrogen) atoms. The SMILES string of the molecule is CCOCCCC1(CN)CC2CC2C1. The van der Waals surface area contributed by atoms with Crippen LogP contribution in [0.4, 0.5) is 0 Å². The van der Waals surface area contributed by atoms with Gasteiger partial charge in [-0.1, -0.05) is 0 Å². The van der Waals surface area contributed by atoms with Crippen molar-refractivity contribution in [3.05, 3.63) is 0 Å². The van der Waals surface area contributed by atoms with Crippen molar-refractivity contribution in [3.8, 4) is 0 Å². The highest BCUT2D eigenvalue weighted by molar-refractivity contribution is 5.03. The molecule has 0 aliphatic heterocycles. The highest BCUT2D eigenvalue weighted by Gasteiger charge is 2.52. The van der Waals surface area contributed by atoms with Gasteiger partial charge in [-0.3, -0.25) is 0 Å². The van der Waals surface area contributed by atoms with Crippen LogP contribution in [-0.4, -0.2) is 19.8 Å². The van der Waals surface area contributed by atoms with E-state index in [-0.39, 0.29) is 0 Å². The van der Waals surface area contributed by atoms with Crippen LogP contribution in [0, 0.1) is 17.3 Å². The van der Waals surface area contributed by atoms with Crippen molar-refractivity contribution in [2.75, 3.05) is 19.8 Å². The first-order valence-electron chi connectivity index (χ1n) is 6.07. The molecule has 2 aliphatic carbocycles. The lowest BCUT2D eigenvalue weighted by atomic mass is 9.79. The Hall–Kier alpha value is -0.0800. The van der Waals surface area contributed by atoms with Crippen LogP contribution < -0.4 is 5.73 Å². The number of rotatable bonds is 6. The standard InChI is InChI=1S/C12H23NO/c1-2-14-5-3-4-12(9-13)7-10-6-11(10)8-12/h10-11H,2-9,13H2,1H3. The van der Waals surface area contributed by atoms with E-state index in [4.69, 9.17) is 10.5 Å². The van der Waals surface area contributed by atoms with E-state index in [1.54, 1.807) is 0 Å². The maximum absolute atomic E-state index is 5.93. The van der Waals surface area contributed by atoms with Gasteiger partial charge >= 0.3 is 0 Å². The fourth-order valence-electron chi connectivity index (χ4n) is 3.17. The predicted molar refractivity (Wildman–Crippen MR) is 58.0 cm³/mol. The number of fused-ring (bicyclic) bond motifs is 1. The minimum Gasteiger partial charge on any atom is -0.382 e. The Labute approximate surface area is 87.2 Å². The average Bonchev–Trinajstić information content (AvgIpc) is 2.82. The zero-order valence-electron chi connectivity index (χ0n) is 9.30. The van der Waals surface area contributed by atoms with Crippen LogP contribution in [-0.2, 0) is 4.74 Å². The van der Waals surface area contributed by atoms with E-state index in [0.29, 0.717) is 5.41 Å². The van der Waals surface area contributed by atoms with Gasteiger partial charge in [0.25, 0.3) is 0 Å². The summed E-state index contributed by atoms with van der Waals surface area (Å²) in [4.78, 5) is 0. The molecule has 0 heterocycles. The summed E-state index contributed by atoms with van der Waals surface area (Å²) in [5.74, 6) is 2.09. The van der Waals surface area contributed by atoms with Gasteiger partial charge in [0.1, 0.15) is 0 Å². The molecule has 0 amide bonds. The lowest BCUT2D eigenvalue weighted by molar-refractivity contribution is 0.126. The predicted octanol–water partition coefficient (Wildman–Crippen LogP) is 2.18. The second kappa shape index (κ2) is 4.19. The van der Waals surface area contributed by atoms with E-state index < -0.39 is 0 Å². The molecule has 2 saturated carbocycles. The lowest BCUT2D eigenvalue weighted by Gasteiger charge is -2.29. The quantitative estimate of drug-likeness (QED) is 0.662. The number of hydrogen-bond acceptors (Lipinski definition) is 2. The molecule has 2 heteroatoms. The Morgan fingerprint density at radius 3 is 2.64 bits per heavy atom. The summed E-state index contributed by atoms with van der Waals surface area (Å²) < 4.78 is 5.38. The molecule has 2 atom stereocenters. The molecular formula is C12H23NO. The number of nitrogens with two attached hydrogens (primary N) is 1. The van der Waals surface area contributed by atoms with Gasteiger partial charge in [0.2, 0.25) is 0 Å². The van der Waals surface area contributed by atoms with Crippen LogP contribution in [0.2, 0.25) is 0 Å². The molecule has 2 unspecified atom stereocenters. The van der Waals surface area contributed by atoms with Crippen LogP contribution in [0.15, 0.2) is 0 Å². The number of hydrogen-bond donors (Lipinski definition) is 1. The van der Waals surface area contributed by atoms with E-state index in [9.17, 15) is 0 Å². The second-order valence-corrected chi connectivity index (χ2v) is 5.17. The Kier molecular flexibility index (Phi) is 3.13. The lowest BCUT2D eigenvalue weighted by Crippen LogP contribution is -2.29. The molecule has 82 valence electrons. The third-order valence-corrected chi connectivity index (χ3v) is 4.09. The van der Waals surface area contributed by atoms with Crippen molar-refractivity contribution >= 4 is 0 Å². The largest absolute Gasteiger partial charge is 0.382 e. The minimum atomic E-state index is 0.505. The average molecular weight is 197 g/mol. The molecule has 2 fully saturated rings. The summed E-state index contributed by atoms with van der Waals surface area (Å²) >= 11 is 0. The van der Waals surface area contributed by atoms with Gasteiger partial charge < -0.3 is 10.5 Å². The topological polar surface area (TPSA) is 35.2 Å². The van der Waals surface area contributed by atoms with Crippen LogP contribution in [0.1, 0.15) is 39.0 Å². The van der Waals surface area contributed by atoms with Crippen LogP contribution in [0.25, 0.3) is 0 Å². The van der Waals surface area contributed by atoms with Crippen LogP contribution in [0.3, 0.4) is 0 Å². The van der Waals surface area contributed by atoms with Gasteiger partial charge in [-0.15, -0.1) is 0 Å². The molecule has 0 radical (unpaired) electrons. The Bertz CT molecular complexity index is 183. The molecule has 0 aromatic heterocycles. The van der Waals surface area contributed by atoms with E-state index in [0.717, 1.165) is 31.6 Å².